The molecule has 0 aliphatic carbocycles. The van der Waals surface area contributed by atoms with E-state index in [9.17, 15) is 9.59 Å². The van der Waals surface area contributed by atoms with Crippen LogP contribution in [0.5, 0.6) is 0 Å². The van der Waals surface area contributed by atoms with Crippen LogP contribution in [-0.2, 0) is 4.79 Å². The summed E-state index contributed by atoms with van der Waals surface area (Å²) in [5, 5.41) is 8.81. The summed E-state index contributed by atoms with van der Waals surface area (Å²) in [7, 11) is 0. The highest BCUT2D eigenvalue weighted by molar-refractivity contribution is 9.10. The Balaban J connectivity index is 1.94. The van der Waals surface area contributed by atoms with Crippen molar-refractivity contribution in [3.8, 4) is 0 Å². The molecule has 0 unspecified atom stereocenters. The van der Waals surface area contributed by atoms with E-state index in [-0.39, 0.29) is 11.9 Å². The Morgan fingerprint density at radius 3 is 2.60 bits per heavy atom. The van der Waals surface area contributed by atoms with Gasteiger partial charge < -0.3 is 16.0 Å². The van der Waals surface area contributed by atoms with E-state index in [2.05, 4.69) is 31.9 Å². The Labute approximate surface area is 158 Å². The maximum atomic E-state index is 12.8. The van der Waals surface area contributed by atoms with Crippen molar-refractivity contribution in [3.05, 3.63) is 74.9 Å². The second-order valence-electron chi connectivity index (χ2n) is 5.59. The Morgan fingerprint density at radius 1 is 1.20 bits per heavy atom. The smallest absolute Gasteiger partial charge is 0.319 e. The highest BCUT2D eigenvalue weighted by atomic mass is 79.9. The number of rotatable bonds is 3. The van der Waals surface area contributed by atoms with E-state index in [4.69, 9.17) is 11.6 Å². The molecule has 0 saturated heterocycles. The summed E-state index contributed by atoms with van der Waals surface area (Å²) in [6, 6.07) is 13.5. The molecular weight excluding hydrogens is 406 g/mol. The van der Waals surface area contributed by atoms with Gasteiger partial charge in [0.1, 0.15) is 0 Å². The maximum Gasteiger partial charge on any atom is 0.319 e. The number of nitrogens with one attached hydrogen (secondary N) is 3. The van der Waals surface area contributed by atoms with Crippen LogP contribution < -0.4 is 16.0 Å². The van der Waals surface area contributed by atoms with Gasteiger partial charge in [-0.3, -0.25) is 4.79 Å². The molecule has 0 saturated carbocycles. The molecule has 1 aliphatic rings. The van der Waals surface area contributed by atoms with Crippen molar-refractivity contribution < 1.29 is 9.59 Å². The van der Waals surface area contributed by atoms with E-state index in [0.29, 0.717) is 22.0 Å². The SMILES string of the molecule is CC1=C(C(=O)Nc2cccc(Cl)c2)[C@@H](c2ccc(Br)cc2)NC(=O)N1. The highest BCUT2D eigenvalue weighted by Crippen LogP contribution is 2.29. The zero-order chi connectivity index (χ0) is 18.0. The summed E-state index contributed by atoms with van der Waals surface area (Å²) in [5.74, 6) is -0.305. The Morgan fingerprint density at radius 2 is 1.92 bits per heavy atom. The first-order valence-electron chi connectivity index (χ1n) is 7.54. The monoisotopic (exact) mass is 419 g/mol. The van der Waals surface area contributed by atoms with Crippen molar-refractivity contribution in [3.63, 3.8) is 0 Å². The summed E-state index contributed by atoms with van der Waals surface area (Å²) in [5.41, 5.74) is 2.36. The number of benzene rings is 2. The van der Waals surface area contributed by atoms with Crippen LogP contribution in [0, 0.1) is 0 Å². The third-order valence-electron chi connectivity index (χ3n) is 3.80. The molecule has 2 aromatic rings. The van der Waals surface area contributed by atoms with Crippen LogP contribution in [0.25, 0.3) is 0 Å². The summed E-state index contributed by atoms with van der Waals surface area (Å²) >= 11 is 9.35. The first-order valence-corrected chi connectivity index (χ1v) is 8.72. The fraction of sp³-hybridized carbons (Fsp3) is 0.111. The van der Waals surface area contributed by atoms with Crippen LogP contribution in [0.1, 0.15) is 18.5 Å². The number of hydrogen-bond acceptors (Lipinski definition) is 2. The van der Waals surface area contributed by atoms with Gasteiger partial charge in [0.15, 0.2) is 0 Å². The standard InChI is InChI=1S/C18H15BrClN3O2/c1-10-15(17(24)22-14-4-2-3-13(20)9-14)16(23-18(25)21-10)11-5-7-12(19)8-6-11/h2-9,16H,1H3,(H,22,24)(H2,21,23,25)/t16-/m1/s1. The van der Waals surface area contributed by atoms with Gasteiger partial charge in [-0.25, -0.2) is 4.79 Å². The number of anilines is 1. The van der Waals surface area contributed by atoms with Gasteiger partial charge in [-0.15, -0.1) is 0 Å². The van der Waals surface area contributed by atoms with Gasteiger partial charge in [0.25, 0.3) is 5.91 Å². The van der Waals surface area contributed by atoms with E-state index < -0.39 is 6.04 Å². The van der Waals surface area contributed by atoms with Gasteiger partial charge in [-0.2, -0.15) is 0 Å². The van der Waals surface area contributed by atoms with Crippen molar-refractivity contribution in [2.45, 2.75) is 13.0 Å². The minimum absolute atomic E-state index is 0.305. The topological polar surface area (TPSA) is 70.2 Å². The number of amides is 3. The quantitative estimate of drug-likeness (QED) is 0.690. The maximum absolute atomic E-state index is 12.8. The number of carbonyl (C=O) groups excluding carboxylic acids is 2. The lowest BCUT2D eigenvalue weighted by Crippen LogP contribution is -2.45. The normalized spacial score (nSPS) is 16.9. The molecule has 3 amide bonds. The fourth-order valence-corrected chi connectivity index (χ4v) is 3.12. The first-order chi connectivity index (χ1) is 11.9. The minimum atomic E-state index is -0.541. The van der Waals surface area contributed by atoms with Crippen LogP contribution in [0.4, 0.5) is 10.5 Å². The molecule has 7 heteroatoms. The van der Waals surface area contributed by atoms with Crippen molar-refractivity contribution in [2.75, 3.05) is 5.32 Å². The van der Waals surface area contributed by atoms with Gasteiger partial charge in [-0.1, -0.05) is 45.7 Å². The Hall–Kier alpha value is -2.31. The first kappa shape index (κ1) is 17.5. The lowest BCUT2D eigenvalue weighted by atomic mass is 9.95. The second-order valence-corrected chi connectivity index (χ2v) is 6.94. The molecule has 1 heterocycles. The number of halogens is 2. The van der Waals surface area contributed by atoms with Gasteiger partial charge in [0.2, 0.25) is 0 Å². The minimum Gasteiger partial charge on any atom is -0.327 e. The predicted molar refractivity (Wildman–Crippen MR) is 101 cm³/mol. The van der Waals surface area contributed by atoms with Gasteiger partial charge in [-0.05, 0) is 42.8 Å². The number of hydrogen-bond donors (Lipinski definition) is 3. The van der Waals surface area contributed by atoms with E-state index in [0.717, 1.165) is 10.0 Å². The molecule has 0 bridgehead atoms. The van der Waals surface area contributed by atoms with E-state index in [1.165, 1.54) is 0 Å². The van der Waals surface area contributed by atoms with Crippen LogP contribution in [-0.4, -0.2) is 11.9 Å². The summed E-state index contributed by atoms with van der Waals surface area (Å²) in [6.07, 6.45) is 0. The van der Waals surface area contributed by atoms with Gasteiger partial charge in [0.05, 0.1) is 11.6 Å². The highest BCUT2D eigenvalue weighted by Gasteiger charge is 2.31. The number of allylic oxidation sites excluding steroid dienone is 1. The van der Waals surface area contributed by atoms with Crippen LogP contribution >= 0.6 is 27.5 Å². The van der Waals surface area contributed by atoms with Crippen molar-refractivity contribution >= 4 is 45.2 Å². The van der Waals surface area contributed by atoms with E-state index in [1.807, 2.05) is 24.3 Å². The van der Waals surface area contributed by atoms with E-state index in [1.54, 1.807) is 31.2 Å². The van der Waals surface area contributed by atoms with Gasteiger partial charge >= 0.3 is 6.03 Å². The molecule has 25 heavy (non-hydrogen) atoms. The van der Waals surface area contributed by atoms with Gasteiger partial charge in [0, 0.05) is 20.9 Å². The third-order valence-corrected chi connectivity index (χ3v) is 4.56. The molecule has 3 N–H and O–H groups in total. The van der Waals surface area contributed by atoms with Crippen LogP contribution in [0.15, 0.2) is 64.3 Å². The average molecular weight is 421 g/mol. The number of carbonyl (C=O) groups is 2. The second kappa shape index (κ2) is 7.29. The molecule has 1 aliphatic heterocycles. The average Bonchev–Trinajstić information content (AvgIpc) is 2.54. The van der Waals surface area contributed by atoms with Crippen molar-refractivity contribution in [1.82, 2.24) is 10.6 Å². The number of urea groups is 1. The molecular formula is C18H15BrClN3O2. The zero-order valence-electron chi connectivity index (χ0n) is 13.3. The molecule has 2 aromatic carbocycles. The molecule has 0 aromatic heterocycles. The summed E-state index contributed by atoms with van der Waals surface area (Å²) < 4.78 is 0.919. The zero-order valence-corrected chi connectivity index (χ0v) is 15.6. The lowest BCUT2D eigenvalue weighted by molar-refractivity contribution is -0.113. The molecule has 0 spiro atoms. The summed E-state index contributed by atoms with van der Waals surface area (Å²) in [4.78, 5) is 24.7. The molecule has 0 radical (unpaired) electrons. The molecule has 5 nitrogen and oxygen atoms in total. The van der Waals surface area contributed by atoms with Crippen molar-refractivity contribution in [1.29, 1.82) is 0 Å². The van der Waals surface area contributed by atoms with Crippen molar-refractivity contribution in [2.24, 2.45) is 0 Å². The molecule has 0 fully saturated rings. The molecule has 128 valence electrons. The largest absolute Gasteiger partial charge is 0.327 e. The lowest BCUT2D eigenvalue weighted by Gasteiger charge is -2.28. The predicted octanol–water partition coefficient (Wildman–Crippen LogP) is 4.37. The Kier molecular flexibility index (Phi) is 5.11. The molecule has 3 rings (SSSR count). The van der Waals surface area contributed by atoms with E-state index >= 15 is 0 Å². The van der Waals surface area contributed by atoms with Crippen LogP contribution in [0.2, 0.25) is 5.02 Å². The summed E-state index contributed by atoms with van der Waals surface area (Å²) in [6.45, 7) is 1.71. The third kappa shape index (κ3) is 4.03. The fourth-order valence-electron chi connectivity index (χ4n) is 2.66. The Bertz CT molecular complexity index is 865. The van der Waals surface area contributed by atoms with Crippen LogP contribution in [0.3, 0.4) is 0 Å². The molecule has 1 atom stereocenters.